The lowest BCUT2D eigenvalue weighted by Gasteiger charge is -2.29. The Hall–Kier alpha value is -2.14. The van der Waals surface area contributed by atoms with Gasteiger partial charge in [0.1, 0.15) is 5.76 Å². The number of likely N-dealkylation sites (N-methyl/N-ethyl adjacent to an activating group) is 1. The number of aromatic nitrogens is 1. The fraction of sp³-hybridized carbons (Fsp3) is 0.500. The average molecular weight is 341 g/mol. The third-order valence-electron chi connectivity index (χ3n) is 5.14. The summed E-state index contributed by atoms with van der Waals surface area (Å²) in [6, 6.07) is 13.1. The van der Waals surface area contributed by atoms with E-state index in [1.54, 1.807) is 0 Å². The van der Waals surface area contributed by atoms with Crippen LogP contribution < -0.4 is 0 Å². The molecule has 134 valence electrons. The monoisotopic (exact) mass is 341 g/mol. The van der Waals surface area contributed by atoms with E-state index < -0.39 is 0 Å². The van der Waals surface area contributed by atoms with Gasteiger partial charge in [0.25, 0.3) is 0 Å². The van der Waals surface area contributed by atoms with Gasteiger partial charge in [0.2, 0.25) is 5.91 Å². The lowest BCUT2D eigenvalue weighted by Crippen LogP contribution is -2.42. The number of hydrogen-bond acceptors (Lipinski definition) is 4. The van der Waals surface area contributed by atoms with Crippen LogP contribution in [0.15, 0.2) is 40.9 Å². The molecule has 1 amide bonds. The van der Waals surface area contributed by atoms with Crippen molar-refractivity contribution in [3.05, 3.63) is 53.4 Å². The number of hydrogen-bond donors (Lipinski definition) is 0. The summed E-state index contributed by atoms with van der Waals surface area (Å²) >= 11 is 0. The highest BCUT2D eigenvalue weighted by Crippen LogP contribution is 2.26. The summed E-state index contributed by atoms with van der Waals surface area (Å²) < 4.78 is 5.07. The van der Waals surface area contributed by atoms with Gasteiger partial charge < -0.3 is 9.42 Å². The molecule has 0 N–H and O–H groups in total. The minimum atomic E-state index is 0.134. The van der Waals surface area contributed by atoms with Crippen LogP contribution >= 0.6 is 0 Å². The number of carbonyl (C=O) groups is 1. The highest BCUT2D eigenvalue weighted by molar-refractivity contribution is 5.78. The zero-order chi connectivity index (χ0) is 17.8. The van der Waals surface area contributed by atoms with Gasteiger partial charge in [0, 0.05) is 37.8 Å². The molecule has 1 saturated heterocycles. The third-order valence-corrected chi connectivity index (χ3v) is 5.14. The second-order valence-electron chi connectivity index (χ2n) is 6.81. The molecule has 0 unspecified atom stereocenters. The van der Waals surface area contributed by atoms with E-state index in [2.05, 4.69) is 48.2 Å². The Balaban J connectivity index is 1.61. The molecule has 0 bridgehead atoms. The molecule has 1 aromatic carbocycles. The number of amides is 1. The van der Waals surface area contributed by atoms with Gasteiger partial charge in [-0.25, -0.2) is 0 Å². The van der Waals surface area contributed by atoms with Gasteiger partial charge in [0.15, 0.2) is 0 Å². The maximum atomic E-state index is 12.7. The highest BCUT2D eigenvalue weighted by atomic mass is 16.5. The van der Waals surface area contributed by atoms with Crippen LogP contribution in [0.3, 0.4) is 0 Å². The molecular formula is C20H27N3O2. The van der Waals surface area contributed by atoms with Crippen molar-refractivity contribution in [2.24, 2.45) is 0 Å². The molecule has 2 heterocycles. The second-order valence-corrected chi connectivity index (χ2v) is 6.81. The van der Waals surface area contributed by atoms with E-state index in [0.717, 1.165) is 31.8 Å². The van der Waals surface area contributed by atoms with Crippen LogP contribution in [-0.2, 0) is 11.2 Å². The van der Waals surface area contributed by atoms with Crippen molar-refractivity contribution >= 4 is 5.91 Å². The Morgan fingerprint density at radius 2 is 2.16 bits per heavy atom. The van der Waals surface area contributed by atoms with Crippen molar-refractivity contribution in [3.63, 3.8) is 0 Å². The normalized spacial score (nSPS) is 19.1. The number of benzene rings is 1. The third kappa shape index (κ3) is 4.10. The van der Waals surface area contributed by atoms with Crippen molar-refractivity contribution < 1.29 is 9.32 Å². The van der Waals surface area contributed by atoms with Gasteiger partial charge in [0.05, 0.1) is 12.1 Å². The molecule has 1 fully saturated rings. The maximum absolute atomic E-state index is 12.7. The molecule has 1 aliphatic heterocycles. The van der Waals surface area contributed by atoms with E-state index in [1.165, 1.54) is 5.56 Å². The standard InChI is InChI=1S/C20H27N3O2/c1-4-23(20(24)13-18-12-15(2)25-21-18)19-10-11-22(14-19)16(3)17-8-6-5-7-9-17/h5-9,12,16,19H,4,10-11,13-14H2,1-3H3/t16-,19-/m0/s1. The van der Waals surface area contributed by atoms with Gasteiger partial charge in [-0.05, 0) is 32.8 Å². The first-order valence-electron chi connectivity index (χ1n) is 9.09. The molecule has 0 radical (unpaired) electrons. The molecule has 3 rings (SSSR count). The van der Waals surface area contributed by atoms with Gasteiger partial charge >= 0.3 is 0 Å². The maximum Gasteiger partial charge on any atom is 0.229 e. The molecule has 0 saturated carbocycles. The zero-order valence-corrected chi connectivity index (χ0v) is 15.3. The first-order valence-corrected chi connectivity index (χ1v) is 9.09. The number of nitrogens with zero attached hydrogens (tertiary/aromatic N) is 3. The zero-order valence-electron chi connectivity index (χ0n) is 15.3. The number of aryl methyl sites for hydroxylation is 1. The van der Waals surface area contributed by atoms with Crippen molar-refractivity contribution in [3.8, 4) is 0 Å². The summed E-state index contributed by atoms with van der Waals surface area (Å²) in [5, 5.41) is 3.95. The van der Waals surface area contributed by atoms with Crippen LogP contribution in [0.5, 0.6) is 0 Å². The lowest BCUT2D eigenvalue weighted by atomic mass is 10.1. The Bertz CT molecular complexity index is 698. The predicted octanol–water partition coefficient (Wildman–Crippen LogP) is 3.21. The molecule has 5 heteroatoms. The van der Waals surface area contributed by atoms with Gasteiger partial charge in [-0.2, -0.15) is 0 Å². The van der Waals surface area contributed by atoms with Crippen LogP contribution in [-0.4, -0.2) is 46.5 Å². The van der Waals surface area contributed by atoms with E-state index in [0.29, 0.717) is 18.2 Å². The second kappa shape index (κ2) is 7.83. The van der Waals surface area contributed by atoms with E-state index in [1.807, 2.05) is 24.0 Å². The summed E-state index contributed by atoms with van der Waals surface area (Å²) in [5.41, 5.74) is 2.05. The SMILES string of the molecule is CCN(C(=O)Cc1cc(C)on1)[C@H]1CCN([C@@H](C)c2ccccc2)C1. The Kier molecular flexibility index (Phi) is 5.53. The van der Waals surface area contributed by atoms with E-state index in [-0.39, 0.29) is 11.9 Å². The number of carbonyl (C=O) groups excluding carboxylic acids is 1. The summed E-state index contributed by atoms with van der Waals surface area (Å²) in [6.45, 7) is 8.82. The molecule has 0 spiro atoms. The van der Waals surface area contributed by atoms with E-state index in [9.17, 15) is 4.79 Å². The van der Waals surface area contributed by atoms with Crippen molar-refractivity contribution in [1.29, 1.82) is 0 Å². The Morgan fingerprint density at radius 3 is 2.80 bits per heavy atom. The average Bonchev–Trinajstić information content (AvgIpc) is 3.25. The molecule has 2 atom stereocenters. The molecule has 5 nitrogen and oxygen atoms in total. The predicted molar refractivity (Wildman–Crippen MR) is 97.2 cm³/mol. The van der Waals surface area contributed by atoms with Crippen molar-refractivity contribution in [1.82, 2.24) is 15.0 Å². The summed E-state index contributed by atoms with van der Waals surface area (Å²) in [7, 11) is 0. The quantitative estimate of drug-likeness (QED) is 0.809. The van der Waals surface area contributed by atoms with Crippen molar-refractivity contribution in [2.75, 3.05) is 19.6 Å². The lowest BCUT2D eigenvalue weighted by molar-refractivity contribution is -0.132. The molecule has 25 heavy (non-hydrogen) atoms. The first kappa shape index (κ1) is 17.7. The summed E-state index contributed by atoms with van der Waals surface area (Å²) in [4.78, 5) is 17.2. The van der Waals surface area contributed by atoms with Gasteiger partial charge in [-0.3, -0.25) is 9.69 Å². The van der Waals surface area contributed by atoms with E-state index in [4.69, 9.17) is 4.52 Å². The molecule has 2 aromatic rings. The fourth-order valence-corrected chi connectivity index (χ4v) is 3.71. The van der Waals surface area contributed by atoms with Gasteiger partial charge in [-0.1, -0.05) is 35.5 Å². The van der Waals surface area contributed by atoms with Crippen LogP contribution in [0.4, 0.5) is 0 Å². The summed E-state index contributed by atoms with van der Waals surface area (Å²) in [5.74, 6) is 0.879. The molecule has 0 aliphatic carbocycles. The smallest absolute Gasteiger partial charge is 0.229 e. The first-order chi connectivity index (χ1) is 12.1. The molecular weight excluding hydrogens is 314 g/mol. The topological polar surface area (TPSA) is 49.6 Å². The Morgan fingerprint density at radius 1 is 1.40 bits per heavy atom. The highest BCUT2D eigenvalue weighted by Gasteiger charge is 2.32. The number of likely N-dealkylation sites (tertiary alicyclic amines) is 1. The minimum absolute atomic E-state index is 0.134. The molecule has 1 aliphatic rings. The van der Waals surface area contributed by atoms with Crippen LogP contribution in [0.25, 0.3) is 0 Å². The summed E-state index contributed by atoms with van der Waals surface area (Å²) in [6.07, 6.45) is 1.34. The van der Waals surface area contributed by atoms with Crippen LogP contribution in [0, 0.1) is 6.92 Å². The largest absolute Gasteiger partial charge is 0.361 e. The van der Waals surface area contributed by atoms with E-state index >= 15 is 0 Å². The minimum Gasteiger partial charge on any atom is -0.361 e. The number of rotatable bonds is 6. The van der Waals surface area contributed by atoms with Crippen LogP contribution in [0.1, 0.15) is 43.3 Å². The Labute approximate surface area is 149 Å². The molecule has 1 aromatic heterocycles. The van der Waals surface area contributed by atoms with Crippen LogP contribution in [0.2, 0.25) is 0 Å². The van der Waals surface area contributed by atoms with Crippen molar-refractivity contribution in [2.45, 2.75) is 45.7 Å². The fourth-order valence-electron chi connectivity index (χ4n) is 3.71. The van der Waals surface area contributed by atoms with Gasteiger partial charge in [-0.15, -0.1) is 0 Å².